The highest BCUT2D eigenvalue weighted by atomic mass is 32.1. The summed E-state index contributed by atoms with van der Waals surface area (Å²) >= 11 is 1.59. The SMILES string of the molecule is Cc1cnc(Nc2cccc(C3CN(C(=O)CN4CCN(C)CC4)CCO3)n2)s1. The van der Waals surface area contributed by atoms with Crippen molar-refractivity contribution in [2.45, 2.75) is 13.0 Å². The zero-order valence-electron chi connectivity index (χ0n) is 17.0. The number of morpholine rings is 1. The van der Waals surface area contributed by atoms with Gasteiger partial charge in [0.05, 0.1) is 25.4 Å². The van der Waals surface area contributed by atoms with Crippen molar-refractivity contribution in [2.75, 3.05) is 64.8 Å². The van der Waals surface area contributed by atoms with Crippen LogP contribution in [0, 0.1) is 6.92 Å². The van der Waals surface area contributed by atoms with Crippen molar-refractivity contribution in [3.8, 4) is 0 Å². The number of likely N-dealkylation sites (N-methyl/N-ethyl adjacent to an activating group) is 1. The van der Waals surface area contributed by atoms with Crippen LogP contribution in [0.5, 0.6) is 0 Å². The topological polar surface area (TPSA) is 73.8 Å². The average molecular weight is 417 g/mol. The summed E-state index contributed by atoms with van der Waals surface area (Å²) in [6.45, 7) is 8.14. The number of carbonyl (C=O) groups is 1. The lowest BCUT2D eigenvalue weighted by molar-refractivity contribution is -0.140. The number of hydrogen-bond donors (Lipinski definition) is 1. The van der Waals surface area contributed by atoms with E-state index in [-0.39, 0.29) is 12.0 Å². The maximum absolute atomic E-state index is 12.8. The maximum atomic E-state index is 12.8. The number of ether oxygens (including phenoxy) is 1. The van der Waals surface area contributed by atoms with Gasteiger partial charge in [-0.1, -0.05) is 6.07 Å². The van der Waals surface area contributed by atoms with E-state index in [2.05, 4.69) is 27.1 Å². The lowest BCUT2D eigenvalue weighted by Crippen LogP contribution is -2.51. The van der Waals surface area contributed by atoms with Crippen LogP contribution < -0.4 is 5.32 Å². The largest absolute Gasteiger partial charge is 0.368 e. The molecule has 8 nitrogen and oxygen atoms in total. The van der Waals surface area contributed by atoms with Gasteiger partial charge in [-0.15, -0.1) is 11.3 Å². The van der Waals surface area contributed by atoms with Crippen LogP contribution in [-0.2, 0) is 9.53 Å². The molecular formula is C20H28N6O2S. The molecule has 4 rings (SSSR count). The fourth-order valence-corrected chi connectivity index (χ4v) is 4.25. The highest BCUT2D eigenvalue weighted by Gasteiger charge is 2.28. The second-order valence-corrected chi connectivity index (χ2v) is 8.86. The highest BCUT2D eigenvalue weighted by Crippen LogP contribution is 2.25. The Morgan fingerprint density at radius 3 is 2.86 bits per heavy atom. The monoisotopic (exact) mass is 416 g/mol. The van der Waals surface area contributed by atoms with Crippen molar-refractivity contribution >= 4 is 28.2 Å². The van der Waals surface area contributed by atoms with Gasteiger partial charge < -0.3 is 19.9 Å². The van der Waals surface area contributed by atoms with E-state index in [1.807, 2.05) is 36.2 Å². The number of thiazole rings is 1. The molecule has 0 spiro atoms. The number of rotatable bonds is 5. The fraction of sp³-hybridized carbons (Fsp3) is 0.550. The van der Waals surface area contributed by atoms with E-state index in [0.29, 0.717) is 26.2 Å². The van der Waals surface area contributed by atoms with E-state index in [4.69, 9.17) is 9.72 Å². The van der Waals surface area contributed by atoms with Crippen molar-refractivity contribution in [2.24, 2.45) is 0 Å². The van der Waals surface area contributed by atoms with Gasteiger partial charge in [0.2, 0.25) is 5.91 Å². The molecule has 2 saturated heterocycles. The average Bonchev–Trinajstić information content (AvgIpc) is 3.14. The molecular weight excluding hydrogens is 388 g/mol. The number of amides is 1. The molecule has 0 aliphatic carbocycles. The van der Waals surface area contributed by atoms with E-state index in [1.54, 1.807) is 11.3 Å². The van der Waals surface area contributed by atoms with Gasteiger partial charge in [0.15, 0.2) is 5.13 Å². The van der Waals surface area contributed by atoms with Crippen molar-refractivity contribution in [3.05, 3.63) is 35.0 Å². The Morgan fingerprint density at radius 1 is 1.28 bits per heavy atom. The maximum Gasteiger partial charge on any atom is 0.236 e. The number of aromatic nitrogens is 2. The summed E-state index contributed by atoms with van der Waals surface area (Å²) in [5.74, 6) is 0.914. The first-order valence-corrected chi connectivity index (χ1v) is 10.8. The Balaban J connectivity index is 1.36. The Labute approximate surface area is 175 Å². The van der Waals surface area contributed by atoms with Gasteiger partial charge >= 0.3 is 0 Å². The van der Waals surface area contributed by atoms with E-state index in [1.165, 1.54) is 0 Å². The lowest BCUT2D eigenvalue weighted by atomic mass is 10.2. The van der Waals surface area contributed by atoms with E-state index in [9.17, 15) is 4.79 Å². The summed E-state index contributed by atoms with van der Waals surface area (Å²) < 4.78 is 5.94. The number of carbonyl (C=O) groups excluding carboxylic acids is 1. The molecule has 29 heavy (non-hydrogen) atoms. The van der Waals surface area contributed by atoms with Gasteiger partial charge in [0.25, 0.3) is 0 Å². The Bertz CT molecular complexity index is 836. The summed E-state index contributed by atoms with van der Waals surface area (Å²) in [4.78, 5) is 29.4. The fourth-order valence-electron chi connectivity index (χ4n) is 3.57. The molecule has 4 heterocycles. The molecule has 1 amide bonds. The normalized spacial score (nSPS) is 21.3. The van der Waals surface area contributed by atoms with Crippen LogP contribution in [0.3, 0.4) is 0 Å². The Hall–Kier alpha value is -2.07. The molecule has 2 fully saturated rings. The van der Waals surface area contributed by atoms with Crippen LogP contribution in [0.4, 0.5) is 10.9 Å². The molecule has 1 unspecified atom stereocenters. The van der Waals surface area contributed by atoms with Crippen molar-refractivity contribution < 1.29 is 9.53 Å². The molecule has 2 aromatic rings. The lowest BCUT2D eigenvalue weighted by Gasteiger charge is -2.36. The van der Waals surface area contributed by atoms with Crippen LogP contribution in [0.15, 0.2) is 24.4 Å². The predicted molar refractivity (Wildman–Crippen MR) is 114 cm³/mol. The summed E-state index contributed by atoms with van der Waals surface area (Å²) in [7, 11) is 2.12. The van der Waals surface area contributed by atoms with E-state index >= 15 is 0 Å². The molecule has 0 bridgehead atoms. The Kier molecular flexibility index (Phi) is 6.39. The highest BCUT2D eigenvalue weighted by molar-refractivity contribution is 7.15. The second kappa shape index (κ2) is 9.17. The van der Waals surface area contributed by atoms with E-state index < -0.39 is 0 Å². The molecule has 2 aliphatic rings. The number of aryl methyl sites for hydroxylation is 1. The molecule has 0 radical (unpaired) electrons. The standard InChI is InChI=1S/C20H28N6O2S/c1-15-12-21-20(29-15)23-18-5-3-4-16(22-18)17-13-26(10-11-28-17)19(27)14-25-8-6-24(2)7-9-25/h3-5,12,17H,6-11,13-14H2,1-2H3,(H,21,22,23). The quantitative estimate of drug-likeness (QED) is 0.796. The second-order valence-electron chi connectivity index (χ2n) is 7.63. The number of anilines is 2. The van der Waals surface area contributed by atoms with Crippen LogP contribution >= 0.6 is 11.3 Å². The molecule has 2 aliphatic heterocycles. The van der Waals surface area contributed by atoms with Crippen molar-refractivity contribution in [3.63, 3.8) is 0 Å². The summed E-state index contributed by atoms with van der Waals surface area (Å²) in [6, 6.07) is 5.83. The molecule has 9 heteroatoms. The number of hydrogen-bond acceptors (Lipinski definition) is 8. The molecule has 0 aromatic carbocycles. The summed E-state index contributed by atoms with van der Waals surface area (Å²) in [5.41, 5.74) is 0.834. The first-order chi connectivity index (χ1) is 14.1. The third-order valence-corrected chi connectivity index (χ3v) is 6.16. The van der Waals surface area contributed by atoms with Gasteiger partial charge in [0.1, 0.15) is 11.9 Å². The number of nitrogens with one attached hydrogen (secondary N) is 1. The number of nitrogens with zero attached hydrogens (tertiary/aromatic N) is 5. The van der Waals surface area contributed by atoms with Crippen LogP contribution in [0.2, 0.25) is 0 Å². The van der Waals surface area contributed by atoms with Crippen molar-refractivity contribution in [1.82, 2.24) is 24.7 Å². The third kappa shape index (κ3) is 5.30. The zero-order chi connectivity index (χ0) is 20.2. The minimum absolute atomic E-state index is 0.176. The minimum Gasteiger partial charge on any atom is -0.368 e. The van der Waals surface area contributed by atoms with Crippen molar-refractivity contribution in [1.29, 1.82) is 0 Å². The smallest absolute Gasteiger partial charge is 0.236 e. The minimum atomic E-state index is -0.208. The van der Waals surface area contributed by atoms with Gasteiger partial charge in [-0.2, -0.15) is 0 Å². The Morgan fingerprint density at radius 2 is 2.10 bits per heavy atom. The number of pyridine rings is 1. The third-order valence-electron chi connectivity index (χ3n) is 5.33. The molecule has 156 valence electrons. The van der Waals surface area contributed by atoms with Gasteiger partial charge in [-0.25, -0.2) is 9.97 Å². The van der Waals surface area contributed by atoms with Gasteiger partial charge in [0, 0.05) is 43.8 Å². The number of piperazine rings is 1. The van der Waals surface area contributed by atoms with Crippen LogP contribution in [0.1, 0.15) is 16.7 Å². The van der Waals surface area contributed by atoms with Crippen LogP contribution in [-0.4, -0.2) is 90.0 Å². The van der Waals surface area contributed by atoms with Gasteiger partial charge in [-0.05, 0) is 26.1 Å². The summed E-state index contributed by atoms with van der Waals surface area (Å²) in [6.07, 6.45) is 1.63. The molecule has 1 N–H and O–H groups in total. The molecule has 2 aromatic heterocycles. The van der Waals surface area contributed by atoms with Crippen LogP contribution in [0.25, 0.3) is 0 Å². The first kappa shape index (κ1) is 20.2. The summed E-state index contributed by atoms with van der Waals surface area (Å²) in [5, 5.41) is 4.07. The van der Waals surface area contributed by atoms with Gasteiger partial charge in [-0.3, -0.25) is 9.69 Å². The molecule has 0 saturated carbocycles. The van der Waals surface area contributed by atoms with E-state index in [0.717, 1.165) is 47.7 Å². The predicted octanol–water partition coefficient (Wildman–Crippen LogP) is 1.74. The zero-order valence-corrected chi connectivity index (χ0v) is 17.8. The first-order valence-electron chi connectivity index (χ1n) is 10.0. The molecule has 1 atom stereocenters.